The van der Waals surface area contributed by atoms with Crippen molar-refractivity contribution in [1.82, 2.24) is 9.97 Å². The van der Waals surface area contributed by atoms with Crippen LogP contribution in [-0.2, 0) is 0 Å². The minimum atomic E-state index is -0.0723. The number of aliphatic hydroxyl groups is 1. The molecule has 1 N–H and O–H groups in total. The average Bonchev–Trinajstić information content (AvgIpc) is 2.26. The van der Waals surface area contributed by atoms with Crippen LogP contribution < -0.4 is 4.74 Å². The molecule has 2 rings (SSSR count). The molecule has 0 spiro atoms. The molecule has 0 amide bonds. The Morgan fingerprint density at radius 1 is 1.38 bits per heavy atom. The molecule has 0 unspecified atom stereocenters. The first kappa shape index (κ1) is 11.6. The maximum atomic E-state index is 8.71. The Morgan fingerprint density at radius 3 is 2.94 bits per heavy atom. The average molecular weight is 304 g/mol. The molecule has 16 heavy (non-hydrogen) atoms. The van der Waals surface area contributed by atoms with E-state index < -0.39 is 0 Å². The van der Waals surface area contributed by atoms with E-state index in [1.54, 1.807) is 0 Å². The van der Waals surface area contributed by atoms with Crippen molar-refractivity contribution in [1.29, 1.82) is 0 Å². The van der Waals surface area contributed by atoms with E-state index in [4.69, 9.17) is 21.4 Å². The van der Waals surface area contributed by atoms with Gasteiger partial charge < -0.3 is 9.84 Å². The number of rotatable bonds is 3. The Kier molecular flexibility index (Phi) is 3.58. The number of nitrogens with zero attached hydrogens (tertiary/aromatic N) is 2. The highest BCUT2D eigenvalue weighted by Gasteiger charge is 2.08. The first-order valence-corrected chi connectivity index (χ1v) is 5.74. The van der Waals surface area contributed by atoms with Gasteiger partial charge in [0.05, 0.1) is 17.5 Å². The van der Waals surface area contributed by atoms with Gasteiger partial charge in [-0.05, 0) is 29.8 Å². The van der Waals surface area contributed by atoms with Crippen molar-refractivity contribution in [3.05, 3.63) is 28.0 Å². The summed E-state index contributed by atoms with van der Waals surface area (Å²) in [6.45, 7) is 0.103. The van der Waals surface area contributed by atoms with Crippen molar-refractivity contribution >= 4 is 38.4 Å². The van der Waals surface area contributed by atoms with Crippen LogP contribution in [0, 0.1) is 0 Å². The zero-order valence-electron chi connectivity index (χ0n) is 8.15. The number of fused-ring (bicyclic) bond motifs is 1. The molecule has 0 aliphatic carbocycles. The highest BCUT2D eigenvalue weighted by molar-refractivity contribution is 9.10. The number of halogens is 2. The van der Waals surface area contributed by atoms with Crippen molar-refractivity contribution in [2.45, 2.75) is 0 Å². The largest absolute Gasteiger partial charge is 0.475 e. The Morgan fingerprint density at radius 2 is 2.19 bits per heavy atom. The van der Waals surface area contributed by atoms with Gasteiger partial charge >= 0.3 is 0 Å². The van der Waals surface area contributed by atoms with Crippen LogP contribution in [0.1, 0.15) is 0 Å². The van der Waals surface area contributed by atoms with E-state index in [-0.39, 0.29) is 18.5 Å². The van der Waals surface area contributed by atoms with Gasteiger partial charge in [0.25, 0.3) is 0 Å². The van der Waals surface area contributed by atoms with Crippen LogP contribution in [0.3, 0.4) is 0 Å². The fraction of sp³-hybridized carbons (Fsp3) is 0.200. The molecule has 84 valence electrons. The van der Waals surface area contributed by atoms with E-state index in [9.17, 15) is 0 Å². The molecule has 1 aromatic carbocycles. The van der Waals surface area contributed by atoms with E-state index in [2.05, 4.69) is 25.9 Å². The summed E-state index contributed by atoms with van der Waals surface area (Å²) in [6.07, 6.45) is 0. The lowest BCUT2D eigenvalue weighted by molar-refractivity contribution is 0.198. The Balaban J connectivity index is 2.55. The van der Waals surface area contributed by atoms with Crippen molar-refractivity contribution < 1.29 is 9.84 Å². The topological polar surface area (TPSA) is 55.2 Å². The summed E-state index contributed by atoms with van der Waals surface area (Å²) >= 11 is 9.13. The minimum Gasteiger partial charge on any atom is -0.475 e. The fourth-order valence-electron chi connectivity index (χ4n) is 1.30. The molecule has 2 aromatic rings. The van der Waals surface area contributed by atoms with Crippen molar-refractivity contribution in [2.75, 3.05) is 13.2 Å². The molecular weight excluding hydrogens is 295 g/mol. The molecule has 0 saturated heterocycles. The van der Waals surface area contributed by atoms with Gasteiger partial charge in [-0.2, -0.15) is 4.98 Å². The summed E-state index contributed by atoms with van der Waals surface area (Å²) in [5, 5.41) is 9.60. The molecule has 1 aromatic heterocycles. The maximum absolute atomic E-state index is 8.71. The number of aromatic nitrogens is 2. The summed E-state index contributed by atoms with van der Waals surface area (Å²) in [5.41, 5.74) is 0.705. The van der Waals surface area contributed by atoms with Gasteiger partial charge in [-0.3, -0.25) is 0 Å². The predicted molar refractivity (Wildman–Crippen MR) is 64.8 cm³/mol. The molecule has 0 fully saturated rings. The van der Waals surface area contributed by atoms with Crippen LogP contribution in [0.15, 0.2) is 22.7 Å². The van der Waals surface area contributed by atoms with Gasteiger partial charge in [0.15, 0.2) is 0 Å². The van der Waals surface area contributed by atoms with E-state index in [1.165, 1.54) is 0 Å². The third-order valence-electron chi connectivity index (χ3n) is 1.93. The summed E-state index contributed by atoms with van der Waals surface area (Å²) < 4.78 is 6.20. The van der Waals surface area contributed by atoms with Crippen LogP contribution >= 0.6 is 27.5 Å². The fourth-order valence-corrected chi connectivity index (χ4v) is 1.83. The summed E-state index contributed by atoms with van der Waals surface area (Å²) in [4.78, 5) is 8.06. The molecular formula is C10H8BrClN2O2. The first-order chi connectivity index (χ1) is 7.70. The van der Waals surface area contributed by atoms with Gasteiger partial charge in [-0.1, -0.05) is 15.9 Å². The SMILES string of the molecule is OCCOc1nc(Cl)nc2ccc(Br)cc12. The van der Waals surface area contributed by atoms with Gasteiger partial charge in [0.2, 0.25) is 11.2 Å². The third kappa shape index (κ3) is 2.42. The minimum absolute atomic E-state index is 0.0723. The number of benzene rings is 1. The van der Waals surface area contributed by atoms with Gasteiger partial charge in [0.1, 0.15) is 6.61 Å². The summed E-state index contributed by atoms with van der Waals surface area (Å²) in [5.74, 6) is 0.380. The predicted octanol–water partition coefficient (Wildman–Crippen LogP) is 2.42. The van der Waals surface area contributed by atoms with Gasteiger partial charge in [-0.25, -0.2) is 4.98 Å². The van der Waals surface area contributed by atoms with Crippen molar-refractivity contribution in [2.24, 2.45) is 0 Å². The number of aliphatic hydroxyl groups excluding tert-OH is 1. The molecule has 0 saturated carbocycles. The van der Waals surface area contributed by atoms with Crippen molar-refractivity contribution in [3.63, 3.8) is 0 Å². The quantitative estimate of drug-likeness (QED) is 0.885. The second kappa shape index (κ2) is 4.95. The molecule has 0 aliphatic heterocycles. The normalized spacial score (nSPS) is 10.7. The lowest BCUT2D eigenvalue weighted by atomic mass is 10.2. The zero-order valence-corrected chi connectivity index (χ0v) is 10.5. The summed E-state index contributed by atoms with van der Waals surface area (Å²) in [6, 6.07) is 5.53. The van der Waals surface area contributed by atoms with Gasteiger partial charge in [0, 0.05) is 4.47 Å². The van der Waals surface area contributed by atoms with E-state index in [1.807, 2.05) is 18.2 Å². The number of hydrogen-bond acceptors (Lipinski definition) is 4. The molecule has 0 radical (unpaired) electrons. The smallest absolute Gasteiger partial charge is 0.226 e. The third-order valence-corrected chi connectivity index (χ3v) is 2.59. The van der Waals surface area contributed by atoms with Crippen LogP contribution in [0.4, 0.5) is 0 Å². The lowest BCUT2D eigenvalue weighted by Crippen LogP contribution is -2.04. The lowest BCUT2D eigenvalue weighted by Gasteiger charge is -2.07. The van der Waals surface area contributed by atoms with E-state index in [0.29, 0.717) is 11.4 Å². The molecule has 0 atom stereocenters. The standard InChI is InChI=1S/C10H8BrClN2O2/c11-6-1-2-8-7(5-6)9(16-4-3-15)14-10(12)13-8/h1-2,5,15H,3-4H2. The highest BCUT2D eigenvalue weighted by Crippen LogP contribution is 2.26. The van der Waals surface area contributed by atoms with Crippen molar-refractivity contribution in [3.8, 4) is 5.88 Å². The summed E-state index contributed by atoms with van der Waals surface area (Å²) in [7, 11) is 0. The van der Waals surface area contributed by atoms with E-state index >= 15 is 0 Å². The van der Waals surface area contributed by atoms with Crippen LogP contribution in [-0.4, -0.2) is 28.3 Å². The Labute approximate surface area is 105 Å². The number of hydrogen-bond donors (Lipinski definition) is 1. The Hall–Kier alpha value is -0.910. The van der Waals surface area contributed by atoms with E-state index in [0.717, 1.165) is 9.86 Å². The zero-order chi connectivity index (χ0) is 11.5. The molecule has 4 nitrogen and oxygen atoms in total. The second-order valence-corrected chi connectivity index (χ2v) is 4.29. The molecule has 6 heteroatoms. The Bertz CT molecular complexity index is 521. The van der Waals surface area contributed by atoms with Gasteiger partial charge in [-0.15, -0.1) is 0 Å². The molecule has 1 heterocycles. The van der Waals surface area contributed by atoms with Crippen LogP contribution in [0.5, 0.6) is 5.88 Å². The van der Waals surface area contributed by atoms with Crippen LogP contribution in [0.2, 0.25) is 5.28 Å². The number of ether oxygens (including phenoxy) is 1. The van der Waals surface area contributed by atoms with Crippen LogP contribution in [0.25, 0.3) is 10.9 Å². The second-order valence-electron chi connectivity index (χ2n) is 3.03. The highest BCUT2D eigenvalue weighted by atomic mass is 79.9. The first-order valence-electron chi connectivity index (χ1n) is 4.57. The molecule has 0 aliphatic rings. The molecule has 0 bridgehead atoms. The monoisotopic (exact) mass is 302 g/mol. The maximum Gasteiger partial charge on any atom is 0.226 e.